The SMILES string of the molecule is CC(CCN(C)CC(=O)OCc1ccccc1)C[C@](C)(O)CS. The molecule has 1 aromatic rings. The molecule has 0 heterocycles. The Kier molecular flexibility index (Phi) is 8.66. The summed E-state index contributed by atoms with van der Waals surface area (Å²) in [4.78, 5) is 13.8. The molecule has 23 heavy (non-hydrogen) atoms. The van der Waals surface area contributed by atoms with E-state index < -0.39 is 5.60 Å². The molecule has 0 spiro atoms. The third-order valence-electron chi connectivity index (χ3n) is 3.77. The summed E-state index contributed by atoms with van der Waals surface area (Å²) in [6, 6.07) is 9.66. The van der Waals surface area contributed by atoms with Crippen LogP contribution in [0.2, 0.25) is 0 Å². The Labute approximate surface area is 145 Å². The molecule has 1 N–H and O–H groups in total. The van der Waals surface area contributed by atoms with Crippen molar-refractivity contribution in [3.05, 3.63) is 35.9 Å². The zero-order valence-electron chi connectivity index (χ0n) is 14.4. The van der Waals surface area contributed by atoms with Gasteiger partial charge in [0.15, 0.2) is 0 Å². The molecule has 0 aliphatic rings. The van der Waals surface area contributed by atoms with Crippen molar-refractivity contribution >= 4 is 18.6 Å². The van der Waals surface area contributed by atoms with Gasteiger partial charge in [-0.3, -0.25) is 9.69 Å². The molecule has 130 valence electrons. The molecule has 0 aliphatic heterocycles. The Morgan fingerprint density at radius 1 is 1.39 bits per heavy atom. The summed E-state index contributed by atoms with van der Waals surface area (Å²) in [5, 5.41) is 10.0. The van der Waals surface area contributed by atoms with Crippen LogP contribution in [0, 0.1) is 5.92 Å². The number of nitrogens with zero attached hydrogens (tertiary/aromatic N) is 1. The molecule has 0 saturated carbocycles. The van der Waals surface area contributed by atoms with Gasteiger partial charge in [0.2, 0.25) is 0 Å². The highest BCUT2D eigenvalue weighted by Crippen LogP contribution is 2.20. The molecule has 0 aliphatic carbocycles. The zero-order chi connectivity index (χ0) is 17.3. The first kappa shape index (κ1) is 20.0. The molecule has 0 radical (unpaired) electrons. The second-order valence-electron chi connectivity index (χ2n) is 6.64. The average molecular weight is 340 g/mol. The van der Waals surface area contributed by atoms with Gasteiger partial charge in [-0.25, -0.2) is 0 Å². The largest absolute Gasteiger partial charge is 0.460 e. The van der Waals surface area contributed by atoms with E-state index in [-0.39, 0.29) is 12.5 Å². The Hall–Kier alpha value is -1.04. The van der Waals surface area contributed by atoms with E-state index >= 15 is 0 Å². The molecular formula is C18H29NO3S. The normalized spacial score (nSPS) is 15.2. The lowest BCUT2D eigenvalue weighted by Crippen LogP contribution is -2.32. The number of likely N-dealkylation sites (N-methyl/N-ethyl adjacent to an activating group) is 1. The minimum absolute atomic E-state index is 0.216. The summed E-state index contributed by atoms with van der Waals surface area (Å²) in [6.07, 6.45) is 1.63. The van der Waals surface area contributed by atoms with Crippen molar-refractivity contribution in [2.75, 3.05) is 25.9 Å². The second-order valence-corrected chi connectivity index (χ2v) is 6.95. The number of carbonyl (C=O) groups excluding carboxylic acids is 1. The molecule has 0 saturated heterocycles. The van der Waals surface area contributed by atoms with Crippen molar-refractivity contribution in [1.82, 2.24) is 4.90 Å². The van der Waals surface area contributed by atoms with Crippen LogP contribution in [0.15, 0.2) is 30.3 Å². The molecule has 0 aromatic heterocycles. The minimum Gasteiger partial charge on any atom is -0.460 e. The summed E-state index contributed by atoms with van der Waals surface area (Å²) in [5.41, 5.74) is 0.265. The summed E-state index contributed by atoms with van der Waals surface area (Å²) < 4.78 is 5.27. The molecule has 1 aromatic carbocycles. The van der Waals surface area contributed by atoms with Gasteiger partial charge in [0.05, 0.1) is 12.1 Å². The van der Waals surface area contributed by atoms with Gasteiger partial charge in [-0.05, 0) is 44.8 Å². The Bertz CT molecular complexity index is 465. The van der Waals surface area contributed by atoms with Gasteiger partial charge in [0.1, 0.15) is 6.61 Å². The lowest BCUT2D eigenvalue weighted by molar-refractivity contribution is -0.146. The molecule has 0 bridgehead atoms. The fraction of sp³-hybridized carbons (Fsp3) is 0.611. The topological polar surface area (TPSA) is 49.8 Å². The summed E-state index contributed by atoms with van der Waals surface area (Å²) in [5.74, 6) is 0.616. The maximum atomic E-state index is 11.8. The molecule has 5 heteroatoms. The number of thiol groups is 1. The molecule has 1 unspecified atom stereocenters. The van der Waals surface area contributed by atoms with Gasteiger partial charge in [-0.2, -0.15) is 12.6 Å². The number of hydrogen-bond acceptors (Lipinski definition) is 5. The molecule has 0 amide bonds. The summed E-state index contributed by atoms with van der Waals surface area (Å²) in [7, 11) is 1.91. The number of benzene rings is 1. The van der Waals surface area contributed by atoms with E-state index in [1.54, 1.807) is 6.92 Å². The van der Waals surface area contributed by atoms with Crippen LogP contribution in [0.4, 0.5) is 0 Å². The van der Waals surface area contributed by atoms with Crippen LogP contribution in [0.5, 0.6) is 0 Å². The standard InChI is InChI=1S/C18H29NO3S/c1-15(11-18(2,21)14-23)9-10-19(3)12-17(20)22-13-16-7-5-4-6-8-16/h4-8,15,21,23H,9-14H2,1-3H3/t15?,18-/m0/s1. The van der Waals surface area contributed by atoms with E-state index in [0.29, 0.717) is 24.7 Å². The van der Waals surface area contributed by atoms with Crippen molar-refractivity contribution in [2.24, 2.45) is 5.92 Å². The fourth-order valence-corrected chi connectivity index (χ4v) is 2.57. The smallest absolute Gasteiger partial charge is 0.320 e. The van der Waals surface area contributed by atoms with Gasteiger partial charge in [-0.15, -0.1) is 0 Å². The molecule has 0 fully saturated rings. The van der Waals surface area contributed by atoms with Crippen LogP contribution in [0.1, 0.15) is 32.3 Å². The van der Waals surface area contributed by atoms with Crippen molar-refractivity contribution in [2.45, 2.75) is 38.9 Å². The zero-order valence-corrected chi connectivity index (χ0v) is 15.3. The first-order chi connectivity index (χ1) is 10.8. The van der Waals surface area contributed by atoms with Crippen LogP contribution in [0.3, 0.4) is 0 Å². The maximum absolute atomic E-state index is 11.8. The lowest BCUT2D eigenvalue weighted by Gasteiger charge is -2.26. The second kappa shape index (κ2) is 9.96. The van der Waals surface area contributed by atoms with Crippen LogP contribution >= 0.6 is 12.6 Å². The third-order valence-corrected chi connectivity index (χ3v) is 4.46. The van der Waals surface area contributed by atoms with Gasteiger partial charge in [0.25, 0.3) is 0 Å². The molecule has 2 atom stereocenters. The van der Waals surface area contributed by atoms with Crippen LogP contribution in [-0.4, -0.2) is 47.5 Å². The fourth-order valence-electron chi connectivity index (χ4n) is 2.44. The highest BCUT2D eigenvalue weighted by molar-refractivity contribution is 7.80. The molecule has 4 nitrogen and oxygen atoms in total. The average Bonchev–Trinajstić information content (AvgIpc) is 2.51. The van der Waals surface area contributed by atoms with Crippen molar-refractivity contribution in [3.8, 4) is 0 Å². The van der Waals surface area contributed by atoms with E-state index in [0.717, 1.165) is 18.5 Å². The van der Waals surface area contributed by atoms with Crippen molar-refractivity contribution < 1.29 is 14.6 Å². The van der Waals surface area contributed by atoms with E-state index in [1.165, 1.54) is 0 Å². The number of aliphatic hydroxyl groups is 1. The monoisotopic (exact) mass is 339 g/mol. The summed E-state index contributed by atoms with van der Waals surface area (Å²) >= 11 is 4.16. The van der Waals surface area contributed by atoms with Crippen molar-refractivity contribution in [1.29, 1.82) is 0 Å². The predicted octanol–water partition coefficient (Wildman–Crippen LogP) is 2.76. The van der Waals surface area contributed by atoms with E-state index in [4.69, 9.17) is 4.74 Å². The molecular weight excluding hydrogens is 310 g/mol. The number of carbonyl (C=O) groups is 1. The van der Waals surface area contributed by atoms with Gasteiger partial charge >= 0.3 is 5.97 Å². The number of rotatable bonds is 10. The molecule has 1 rings (SSSR count). The van der Waals surface area contributed by atoms with Crippen LogP contribution in [0.25, 0.3) is 0 Å². The Balaban J connectivity index is 2.22. The van der Waals surface area contributed by atoms with Gasteiger partial charge < -0.3 is 9.84 Å². The van der Waals surface area contributed by atoms with E-state index in [2.05, 4.69) is 19.6 Å². The van der Waals surface area contributed by atoms with Crippen LogP contribution in [-0.2, 0) is 16.1 Å². The third kappa shape index (κ3) is 8.98. The summed E-state index contributed by atoms with van der Waals surface area (Å²) in [6.45, 7) is 5.31. The lowest BCUT2D eigenvalue weighted by atomic mass is 9.92. The van der Waals surface area contributed by atoms with Crippen molar-refractivity contribution in [3.63, 3.8) is 0 Å². The highest BCUT2D eigenvalue weighted by Gasteiger charge is 2.21. The van der Waals surface area contributed by atoms with E-state index in [9.17, 15) is 9.90 Å². The Morgan fingerprint density at radius 2 is 2.04 bits per heavy atom. The predicted molar refractivity (Wildman–Crippen MR) is 96.6 cm³/mol. The van der Waals surface area contributed by atoms with E-state index in [1.807, 2.05) is 42.3 Å². The maximum Gasteiger partial charge on any atom is 0.320 e. The quantitative estimate of drug-likeness (QED) is 0.508. The minimum atomic E-state index is -0.726. The first-order valence-corrected chi connectivity index (χ1v) is 8.67. The first-order valence-electron chi connectivity index (χ1n) is 8.04. The number of esters is 1. The number of ether oxygens (including phenoxy) is 1. The highest BCUT2D eigenvalue weighted by atomic mass is 32.1. The number of hydrogen-bond donors (Lipinski definition) is 2. The Morgan fingerprint density at radius 3 is 2.65 bits per heavy atom. The van der Waals surface area contributed by atoms with Gasteiger partial charge in [0, 0.05) is 5.75 Å². The van der Waals surface area contributed by atoms with Gasteiger partial charge in [-0.1, -0.05) is 37.3 Å². The van der Waals surface area contributed by atoms with Crippen LogP contribution < -0.4 is 0 Å².